The van der Waals surface area contributed by atoms with Gasteiger partial charge in [0.1, 0.15) is 18.1 Å². The van der Waals surface area contributed by atoms with Crippen LogP contribution >= 0.6 is 12.6 Å². The highest BCUT2D eigenvalue weighted by atomic mass is 32.1. The van der Waals surface area contributed by atoms with Gasteiger partial charge in [-0.15, -0.1) is 0 Å². The van der Waals surface area contributed by atoms with Crippen LogP contribution in [0, 0.1) is 0 Å². The molecule has 7 N–H and O–H groups in total. The Bertz CT molecular complexity index is 1270. The molecule has 1 aliphatic heterocycles. The summed E-state index contributed by atoms with van der Waals surface area (Å²) in [5.41, 5.74) is 2.26. The number of nitrogens with one attached hydrogen (secondary N) is 6. The number of thiol groups is 1. The molecule has 4 rings (SSSR count). The number of carboxylic acids is 1. The monoisotopic (exact) mass is 541 g/mol. The summed E-state index contributed by atoms with van der Waals surface area (Å²) in [7, 11) is 0. The fraction of sp³-hybridized carbons (Fsp3) is 0.400. The summed E-state index contributed by atoms with van der Waals surface area (Å²) in [6.07, 6.45) is 6.38. The molecule has 1 saturated heterocycles. The minimum Gasteiger partial charge on any atom is -0.480 e. The van der Waals surface area contributed by atoms with Crippen molar-refractivity contribution in [3.63, 3.8) is 0 Å². The average Bonchev–Trinajstić information content (AvgIpc) is 3.69. The molecule has 0 saturated carbocycles. The van der Waals surface area contributed by atoms with Gasteiger partial charge in [0.25, 0.3) is 0 Å². The van der Waals surface area contributed by atoms with E-state index in [0.717, 1.165) is 29.4 Å². The summed E-state index contributed by atoms with van der Waals surface area (Å²) in [6.45, 7) is 0.725. The third-order valence-corrected chi connectivity index (χ3v) is 6.88. The number of nitrogens with zero attached hydrogens (tertiary/aromatic N) is 1. The number of hydrogen-bond acceptors (Lipinski definition) is 7. The lowest BCUT2D eigenvalue weighted by Gasteiger charge is -2.24. The molecule has 4 atom stereocenters. The molecule has 0 spiro atoms. The highest BCUT2D eigenvalue weighted by molar-refractivity contribution is 7.80. The highest BCUT2D eigenvalue weighted by Crippen LogP contribution is 2.19. The number of carboxylic acid groups (broad SMARTS) is 1. The number of benzene rings is 1. The first-order valence-electron chi connectivity index (χ1n) is 12.4. The van der Waals surface area contributed by atoms with Crippen LogP contribution in [0.1, 0.15) is 24.1 Å². The number of aliphatic carboxylic acids is 1. The van der Waals surface area contributed by atoms with Crippen LogP contribution in [-0.2, 0) is 32.0 Å². The average molecular weight is 542 g/mol. The van der Waals surface area contributed by atoms with Gasteiger partial charge in [0.05, 0.1) is 12.4 Å². The molecule has 4 unspecified atom stereocenters. The van der Waals surface area contributed by atoms with Gasteiger partial charge >= 0.3 is 5.97 Å². The third kappa shape index (κ3) is 6.72. The van der Waals surface area contributed by atoms with Crippen molar-refractivity contribution < 1.29 is 24.3 Å². The summed E-state index contributed by atoms with van der Waals surface area (Å²) >= 11 is 4.20. The number of carbonyl (C=O) groups is 4. The van der Waals surface area contributed by atoms with Crippen LogP contribution in [0.3, 0.4) is 0 Å². The van der Waals surface area contributed by atoms with Gasteiger partial charge in [-0.2, -0.15) is 12.6 Å². The van der Waals surface area contributed by atoms with Gasteiger partial charge < -0.3 is 36.3 Å². The van der Waals surface area contributed by atoms with E-state index in [4.69, 9.17) is 0 Å². The highest BCUT2D eigenvalue weighted by Gasteiger charge is 2.31. The van der Waals surface area contributed by atoms with Gasteiger partial charge in [-0.05, 0) is 31.0 Å². The predicted octanol–water partition coefficient (Wildman–Crippen LogP) is -0.103. The Morgan fingerprint density at radius 2 is 1.79 bits per heavy atom. The lowest BCUT2D eigenvalue weighted by Crippen LogP contribution is -2.58. The van der Waals surface area contributed by atoms with Gasteiger partial charge in [0.2, 0.25) is 17.7 Å². The molecule has 0 aliphatic carbocycles. The zero-order chi connectivity index (χ0) is 27.1. The second-order valence-electron chi connectivity index (χ2n) is 9.20. The molecule has 0 bridgehead atoms. The summed E-state index contributed by atoms with van der Waals surface area (Å²) in [5, 5.41) is 21.5. The lowest BCUT2D eigenvalue weighted by atomic mass is 10.0. The molecule has 12 nitrogen and oxygen atoms in total. The normalized spacial score (nSPS) is 17.4. The van der Waals surface area contributed by atoms with E-state index in [1.165, 1.54) is 12.5 Å². The van der Waals surface area contributed by atoms with Crippen LogP contribution in [-0.4, -0.2) is 80.2 Å². The van der Waals surface area contributed by atoms with Crippen LogP contribution in [0.25, 0.3) is 10.9 Å². The van der Waals surface area contributed by atoms with Crippen molar-refractivity contribution in [2.24, 2.45) is 0 Å². The molecule has 3 aromatic rings. The van der Waals surface area contributed by atoms with Crippen molar-refractivity contribution in [2.45, 2.75) is 49.9 Å². The van der Waals surface area contributed by atoms with Gasteiger partial charge in [-0.1, -0.05) is 18.2 Å². The number of aromatic amines is 2. The number of aromatic nitrogens is 3. The summed E-state index contributed by atoms with van der Waals surface area (Å²) in [4.78, 5) is 60.8. The number of imidazole rings is 1. The van der Waals surface area contributed by atoms with Gasteiger partial charge in [0.15, 0.2) is 0 Å². The molecular formula is C25H31N7O5S. The van der Waals surface area contributed by atoms with Crippen LogP contribution in [0.2, 0.25) is 0 Å². The Balaban J connectivity index is 1.47. The fourth-order valence-corrected chi connectivity index (χ4v) is 4.72. The molecule has 38 heavy (non-hydrogen) atoms. The summed E-state index contributed by atoms with van der Waals surface area (Å²) in [6, 6.07) is 3.89. The van der Waals surface area contributed by atoms with E-state index in [9.17, 15) is 24.3 Å². The number of H-pyrrole nitrogens is 2. The van der Waals surface area contributed by atoms with Crippen molar-refractivity contribution in [3.05, 3.63) is 54.2 Å². The number of hydrogen-bond donors (Lipinski definition) is 8. The summed E-state index contributed by atoms with van der Waals surface area (Å²) in [5.74, 6) is -2.87. The third-order valence-electron chi connectivity index (χ3n) is 6.52. The maximum Gasteiger partial charge on any atom is 0.326 e. The lowest BCUT2D eigenvalue weighted by molar-refractivity contribution is -0.142. The van der Waals surface area contributed by atoms with E-state index >= 15 is 0 Å². The maximum atomic E-state index is 13.4. The van der Waals surface area contributed by atoms with Crippen molar-refractivity contribution >= 4 is 47.2 Å². The van der Waals surface area contributed by atoms with Crippen LogP contribution in [0.5, 0.6) is 0 Å². The standard InChI is InChI=1S/C25H31N7O5S/c33-22(18-6-3-7-27-18)30-19(8-14-10-28-17-5-2-1-4-16(14)17)23(34)32-21(12-38)24(35)31-20(25(36)37)9-15-11-26-13-29-15/h1-2,4-5,10-11,13,18-21,27-28,38H,3,6-9,12H2,(H,26,29)(H,30,33)(H,31,35)(H,32,34)(H,36,37). The first-order chi connectivity index (χ1) is 18.4. The van der Waals surface area contributed by atoms with Crippen LogP contribution in [0.15, 0.2) is 43.0 Å². The van der Waals surface area contributed by atoms with Crippen molar-refractivity contribution in [3.8, 4) is 0 Å². The zero-order valence-electron chi connectivity index (χ0n) is 20.6. The Kier molecular flexibility index (Phi) is 9.02. The van der Waals surface area contributed by atoms with Gasteiger partial charge in [-0.25, -0.2) is 9.78 Å². The molecule has 3 heterocycles. The number of amides is 3. The van der Waals surface area contributed by atoms with E-state index in [-0.39, 0.29) is 24.5 Å². The molecular weight excluding hydrogens is 510 g/mol. The second kappa shape index (κ2) is 12.6. The Hall–Kier alpha value is -3.84. The Morgan fingerprint density at radius 1 is 1.03 bits per heavy atom. The summed E-state index contributed by atoms with van der Waals surface area (Å²) < 4.78 is 0. The first-order valence-corrected chi connectivity index (χ1v) is 13.0. The van der Waals surface area contributed by atoms with Gasteiger partial charge in [-0.3, -0.25) is 14.4 Å². The van der Waals surface area contributed by atoms with E-state index in [2.05, 4.69) is 48.8 Å². The van der Waals surface area contributed by atoms with E-state index in [1.54, 1.807) is 6.20 Å². The zero-order valence-corrected chi connectivity index (χ0v) is 21.5. The van der Waals surface area contributed by atoms with Gasteiger partial charge in [0, 0.05) is 47.6 Å². The SMILES string of the molecule is O=C(O)C(Cc1cnc[nH]1)NC(=O)C(CS)NC(=O)C(Cc1c[nH]c2ccccc12)NC(=O)C1CCCN1. The molecule has 13 heteroatoms. The van der Waals surface area contributed by atoms with Crippen molar-refractivity contribution in [1.82, 2.24) is 36.2 Å². The molecule has 2 aromatic heterocycles. The molecule has 0 radical (unpaired) electrons. The molecule has 3 amide bonds. The molecule has 1 aliphatic rings. The quantitative estimate of drug-likeness (QED) is 0.147. The minimum absolute atomic E-state index is 0.0120. The Morgan fingerprint density at radius 3 is 2.47 bits per heavy atom. The largest absolute Gasteiger partial charge is 0.480 e. The minimum atomic E-state index is -1.24. The fourth-order valence-electron chi connectivity index (χ4n) is 4.47. The van der Waals surface area contributed by atoms with Crippen LogP contribution < -0.4 is 21.3 Å². The maximum absolute atomic E-state index is 13.4. The first kappa shape index (κ1) is 27.2. The van der Waals surface area contributed by atoms with E-state index in [1.807, 2.05) is 24.3 Å². The molecule has 1 fully saturated rings. The molecule has 1 aromatic carbocycles. The Labute approximate surface area is 224 Å². The predicted molar refractivity (Wildman–Crippen MR) is 143 cm³/mol. The smallest absolute Gasteiger partial charge is 0.326 e. The van der Waals surface area contributed by atoms with E-state index < -0.39 is 42.0 Å². The van der Waals surface area contributed by atoms with Crippen molar-refractivity contribution in [1.29, 1.82) is 0 Å². The number of fused-ring (bicyclic) bond motifs is 1. The molecule has 202 valence electrons. The van der Waals surface area contributed by atoms with Crippen molar-refractivity contribution in [2.75, 3.05) is 12.3 Å². The second-order valence-corrected chi connectivity index (χ2v) is 9.56. The van der Waals surface area contributed by atoms with Crippen LogP contribution in [0.4, 0.5) is 0 Å². The number of para-hydroxylation sites is 1. The van der Waals surface area contributed by atoms with E-state index in [0.29, 0.717) is 12.1 Å². The number of rotatable bonds is 12. The topological polar surface area (TPSA) is 181 Å². The number of carbonyl (C=O) groups excluding carboxylic acids is 3.